The molecule has 2 atom stereocenters. The van der Waals surface area contributed by atoms with Gasteiger partial charge in [0.25, 0.3) is 0 Å². The number of aromatic nitrogens is 1. The Balaban J connectivity index is 2.35. The van der Waals surface area contributed by atoms with Crippen LogP contribution < -0.4 is 0 Å². The Labute approximate surface area is 96.6 Å². The first-order chi connectivity index (χ1) is 7.68. The molecule has 2 radical (unpaired) electrons. The highest BCUT2D eigenvalue weighted by Crippen LogP contribution is 2.36. The Morgan fingerprint density at radius 1 is 1.62 bits per heavy atom. The summed E-state index contributed by atoms with van der Waals surface area (Å²) in [5.41, 5.74) is 1.96. The third kappa shape index (κ3) is 2.26. The highest BCUT2D eigenvalue weighted by atomic mass is 16.5. The quantitative estimate of drug-likeness (QED) is 0.408. The monoisotopic (exact) mass is 215 g/mol. The molecule has 0 amide bonds. The fourth-order valence-electron chi connectivity index (χ4n) is 2.14. The van der Waals surface area contributed by atoms with Crippen LogP contribution in [0.2, 0.25) is 5.82 Å². The Morgan fingerprint density at radius 3 is 3.19 bits per heavy atom. The Hall–Kier alpha value is -1.32. The van der Waals surface area contributed by atoms with Gasteiger partial charge in [-0.05, 0) is 24.7 Å². The molecule has 0 N–H and O–H groups in total. The van der Waals surface area contributed by atoms with Gasteiger partial charge in [0.05, 0.1) is 7.85 Å². The van der Waals surface area contributed by atoms with E-state index in [0.717, 1.165) is 30.5 Å². The zero-order valence-electron chi connectivity index (χ0n) is 9.35. The molecule has 0 aromatic carbocycles. The second kappa shape index (κ2) is 4.68. The van der Waals surface area contributed by atoms with E-state index in [-0.39, 0.29) is 17.9 Å². The van der Waals surface area contributed by atoms with Gasteiger partial charge in [-0.25, -0.2) is 0 Å². The van der Waals surface area contributed by atoms with Gasteiger partial charge in [0.1, 0.15) is 6.10 Å². The highest BCUT2D eigenvalue weighted by molar-refractivity contribution is 6.12. The average molecular weight is 215 g/mol. The van der Waals surface area contributed by atoms with Crippen molar-refractivity contribution in [3.63, 3.8) is 0 Å². The fourth-order valence-corrected chi connectivity index (χ4v) is 2.14. The standard InChI is InChI=1S/C12H14BNO2/c1-8(15)16-12-9-4-3-7-14-11(9)6-2-5-10(12)13/h3-4,7,10,12H,2,5-6H2,1H3. The van der Waals surface area contributed by atoms with Crippen molar-refractivity contribution >= 4 is 13.8 Å². The smallest absolute Gasteiger partial charge is 0.303 e. The third-order valence-corrected chi connectivity index (χ3v) is 2.86. The van der Waals surface area contributed by atoms with Crippen LogP contribution in [-0.2, 0) is 16.0 Å². The summed E-state index contributed by atoms with van der Waals surface area (Å²) in [6.07, 6.45) is 4.17. The van der Waals surface area contributed by atoms with E-state index < -0.39 is 0 Å². The average Bonchev–Trinajstić information content (AvgIpc) is 2.40. The zero-order valence-corrected chi connectivity index (χ0v) is 9.35. The predicted octanol–water partition coefficient (Wildman–Crippen LogP) is 1.98. The molecule has 1 aromatic heterocycles. The van der Waals surface area contributed by atoms with Crippen LogP contribution in [0, 0.1) is 0 Å². The minimum atomic E-state index is -0.344. The van der Waals surface area contributed by atoms with Crippen LogP contribution in [0.1, 0.15) is 37.1 Å². The van der Waals surface area contributed by atoms with E-state index in [0.29, 0.717) is 0 Å². The van der Waals surface area contributed by atoms with Gasteiger partial charge >= 0.3 is 5.97 Å². The number of nitrogens with zero attached hydrogens (tertiary/aromatic N) is 1. The first kappa shape index (κ1) is 11.2. The molecule has 0 bridgehead atoms. The number of fused-ring (bicyclic) bond motifs is 1. The summed E-state index contributed by atoms with van der Waals surface area (Å²) in [5, 5.41) is 0. The van der Waals surface area contributed by atoms with Gasteiger partial charge in [-0.3, -0.25) is 9.78 Å². The summed E-state index contributed by atoms with van der Waals surface area (Å²) in [4.78, 5) is 15.4. The van der Waals surface area contributed by atoms with Crippen LogP contribution in [0.4, 0.5) is 0 Å². The molecule has 1 heterocycles. The maximum absolute atomic E-state index is 11.1. The van der Waals surface area contributed by atoms with E-state index in [1.165, 1.54) is 6.92 Å². The van der Waals surface area contributed by atoms with E-state index in [1.54, 1.807) is 6.20 Å². The lowest BCUT2D eigenvalue weighted by atomic mass is 9.78. The molecule has 2 rings (SSSR count). The Kier molecular flexibility index (Phi) is 3.27. The van der Waals surface area contributed by atoms with E-state index >= 15 is 0 Å². The lowest BCUT2D eigenvalue weighted by Crippen LogP contribution is -2.15. The zero-order chi connectivity index (χ0) is 11.5. The molecule has 2 unspecified atom stereocenters. The summed E-state index contributed by atoms with van der Waals surface area (Å²) >= 11 is 0. The summed E-state index contributed by atoms with van der Waals surface area (Å²) < 4.78 is 5.31. The Morgan fingerprint density at radius 2 is 2.44 bits per heavy atom. The van der Waals surface area contributed by atoms with E-state index in [1.807, 2.05) is 12.1 Å². The van der Waals surface area contributed by atoms with Crippen LogP contribution in [0.25, 0.3) is 0 Å². The van der Waals surface area contributed by atoms with Crippen LogP contribution in [0.15, 0.2) is 18.3 Å². The number of hydrogen-bond acceptors (Lipinski definition) is 3. The number of carbonyl (C=O) groups is 1. The van der Waals surface area contributed by atoms with Crippen molar-refractivity contribution in [2.24, 2.45) is 0 Å². The molecule has 16 heavy (non-hydrogen) atoms. The first-order valence-electron chi connectivity index (χ1n) is 5.55. The molecule has 0 aliphatic heterocycles. The van der Waals surface area contributed by atoms with E-state index in [9.17, 15) is 4.79 Å². The van der Waals surface area contributed by atoms with Gasteiger partial charge in [-0.1, -0.05) is 12.5 Å². The molecule has 0 fully saturated rings. The number of pyridine rings is 1. The number of esters is 1. The van der Waals surface area contributed by atoms with Crippen molar-refractivity contribution in [1.82, 2.24) is 4.98 Å². The topological polar surface area (TPSA) is 39.2 Å². The number of carbonyl (C=O) groups excluding carboxylic acids is 1. The van der Waals surface area contributed by atoms with Crippen LogP contribution >= 0.6 is 0 Å². The van der Waals surface area contributed by atoms with Crippen molar-refractivity contribution in [1.29, 1.82) is 0 Å². The van der Waals surface area contributed by atoms with E-state index in [4.69, 9.17) is 12.6 Å². The highest BCUT2D eigenvalue weighted by Gasteiger charge is 2.27. The molecule has 1 aliphatic carbocycles. The third-order valence-electron chi connectivity index (χ3n) is 2.86. The van der Waals surface area contributed by atoms with Gasteiger partial charge in [0, 0.05) is 24.4 Å². The molecule has 4 heteroatoms. The summed E-state index contributed by atoms with van der Waals surface area (Å²) in [6, 6.07) is 3.80. The van der Waals surface area contributed by atoms with Crippen LogP contribution in [0.5, 0.6) is 0 Å². The minimum absolute atomic E-state index is 0.130. The maximum atomic E-state index is 11.1. The SMILES string of the molecule is [B]C1CCCc2ncccc2C1OC(C)=O. The van der Waals surface area contributed by atoms with Crippen molar-refractivity contribution in [2.75, 3.05) is 0 Å². The van der Waals surface area contributed by atoms with Gasteiger partial charge in [-0.2, -0.15) is 0 Å². The summed E-state index contributed by atoms with van der Waals surface area (Å²) in [5.74, 6) is -0.425. The minimum Gasteiger partial charge on any atom is -0.458 e. The van der Waals surface area contributed by atoms with Crippen LogP contribution in [-0.4, -0.2) is 18.8 Å². The molecule has 1 aliphatic rings. The van der Waals surface area contributed by atoms with Crippen molar-refractivity contribution in [2.45, 2.75) is 38.1 Å². The number of rotatable bonds is 1. The molecule has 82 valence electrons. The molecular weight excluding hydrogens is 201 g/mol. The lowest BCUT2D eigenvalue weighted by molar-refractivity contribution is -0.147. The van der Waals surface area contributed by atoms with Gasteiger partial charge in [0.2, 0.25) is 0 Å². The molecule has 0 saturated carbocycles. The fraction of sp³-hybridized carbons (Fsp3) is 0.500. The van der Waals surface area contributed by atoms with Gasteiger partial charge in [-0.15, -0.1) is 0 Å². The molecular formula is C12H14BNO2. The maximum Gasteiger partial charge on any atom is 0.303 e. The van der Waals surface area contributed by atoms with Crippen molar-refractivity contribution in [3.05, 3.63) is 29.6 Å². The largest absolute Gasteiger partial charge is 0.458 e. The normalized spacial score (nSPS) is 24.3. The number of hydrogen-bond donors (Lipinski definition) is 0. The van der Waals surface area contributed by atoms with E-state index in [2.05, 4.69) is 4.98 Å². The molecule has 0 spiro atoms. The summed E-state index contributed by atoms with van der Waals surface area (Å²) in [7, 11) is 6.04. The van der Waals surface area contributed by atoms with Gasteiger partial charge in [0.15, 0.2) is 0 Å². The number of aryl methyl sites for hydroxylation is 1. The van der Waals surface area contributed by atoms with Crippen LogP contribution in [0.3, 0.4) is 0 Å². The molecule has 0 saturated heterocycles. The predicted molar refractivity (Wildman–Crippen MR) is 61.2 cm³/mol. The lowest BCUT2D eigenvalue weighted by Gasteiger charge is -2.23. The molecule has 1 aromatic rings. The second-order valence-electron chi connectivity index (χ2n) is 4.13. The summed E-state index contributed by atoms with van der Waals surface area (Å²) in [6.45, 7) is 1.41. The Bertz CT molecular complexity index is 394. The van der Waals surface area contributed by atoms with Crippen molar-refractivity contribution in [3.8, 4) is 0 Å². The second-order valence-corrected chi connectivity index (χ2v) is 4.13. The number of ether oxygens (including phenoxy) is 1. The van der Waals surface area contributed by atoms with Gasteiger partial charge < -0.3 is 4.74 Å². The molecule has 3 nitrogen and oxygen atoms in total. The first-order valence-corrected chi connectivity index (χ1v) is 5.55. The van der Waals surface area contributed by atoms with Crippen molar-refractivity contribution < 1.29 is 9.53 Å².